The molecule has 5 atom stereocenters. The number of anilines is 1. The van der Waals surface area contributed by atoms with E-state index in [1.165, 1.54) is 26.0 Å². The lowest BCUT2D eigenvalue weighted by molar-refractivity contribution is -0.153. The Morgan fingerprint density at radius 1 is 1.19 bits per heavy atom. The summed E-state index contributed by atoms with van der Waals surface area (Å²) in [5.41, 5.74) is -0.432. The number of nitrogens with zero attached hydrogens (tertiary/aromatic N) is 2. The average Bonchev–Trinajstić information content (AvgIpc) is 3.16. The first-order chi connectivity index (χ1) is 19.4. The number of halogens is 3. The number of ketones is 2. The van der Waals surface area contributed by atoms with Gasteiger partial charge in [-0.1, -0.05) is 0 Å². The molecule has 1 aliphatic heterocycles. The summed E-state index contributed by atoms with van der Waals surface area (Å²) in [6.45, 7) is -0.686. The van der Waals surface area contributed by atoms with Crippen LogP contribution in [0.1, 0.15) is 24.0 Å². The number of hydrogen-bond acceptors (Lipinski definition) is 10. The van der Waals surface area contributed by atoms with Crippen molar-refractivity contribution in [1.82, 2.24) is 9.80 Å². The standard InChI is InChI=1S/C27H29F3N4O8/c1-33(2)18-11-5-9-4-10-12(28)6-13(32-25(41)14-7-26(29,30)8-34(14)3)19(35)16(10)20(36)15(9)22(38)27(11,42)23(39)17(21(18)37)24(31)40/h6,9,11,14,18,35-36,39,42H,4-5,7-8H2,1-3H3,(H2,31,40)(H,32,41)/t9-,11-,14-,18-,27-/m0/s1. The highest BCUT2D eigenvalue weighted by Gasteiger charge is 2.64. The summed E-state index contributed by atoms with van der Waals surface area (Å²) in [6.07, 6.45) is -1.33. The number of phenols is 1. The van der Waals surface area contributed by atoms with Crippen LogP contribution < -0.4 is 11.1 Å². The average molecular weight is 595 g/mol. The number of Topliss-reactive ketones (excluding diaryl/α,β-unsaturated/α-hetero) is 2. The van der Waals surface area contributed by atoms with Gasteiger partial charge in [-0.2, -0.15) is 0 Å². The number of aliphatic hydroxyl groups is 3. The predicted molar refractivity (Wildman–Crippen MR) is 139 cm³/mol. The molecule has 1 saturated carbocycles. The summed E-state index contributed by atoms with van der Waals surface area (Å²) in [4.78, 5) is 54.2. The smallest absolute Gasteiger partial charge is 0.262 e. The molecule has 12 nitrogen and oxygen atoms in total. The number of primary amides is 1. The van der Waals surface area contributed by atoms with Crippen molar-refractivity contribution >= 4 is 34.8 Å². The molecule has 1 aromatic rings. The molecule has 1 heterocycles. The maximum Gasteiger partial charge on any atom is 0.262 e. The Hall–Kier alpha value is -3.95. The van der Waals surface area contributed by atoms with Crippen LogP contribution in [0.3, 0.4) is 0 Å². The van der Waals surface area contributed by atoms with Crippen molar-refractivity contribution in [2.24, 2.45) is 17.6 Å². The molecule has 7 N–H and O–H groups in total. The number of fused-ring (bicyclic) bond motifs is 3. The largest absolute Gasteiger partial charge is 0.508 e. The second-order valence-corrected chi connectivity index (χ2v) is 11.5. The number of likely N-dealkylation sites (N-methyl/N-ethyl adjacent to an activating group) is 2. The molecule has 5 rings (SSSR count). The number of aromatic hydroxyl groups is 1. The molecule has 1 saturated heterocycles. The Kier molecular flexibility index (Phi) is 6.71. The van der Waals surface area contributed by atoms with Crippen molar-refractivity contribution in [2.45, 2.75) is 42.9 Å². The van der Waals surface area contributed by atoms with Gasteiger partial charge in [-0.05, 0) is 39.9 Å². The Bertz CT molecular complexity index is 1520. The fourth-order valence-corrected chi connectivity index (χ4v) is 6.85. The maximum atomic E-state index is 15.4. The van der Waals surface area contributed by atoms with Gasteiger partial charge in [-0.25, -0.2) is 13.2 Å². The number of carbonyl (C=O) groups is 4. The lowest BCUT2D eigenvalue weighted by atomic mass is 9.57. The first kappa shape index (κ1) is 29.5. The Morgan fingerprint density at radius 2 is 1.83 bits per heavy atom. The van der Waals surface area contributed by atoms with E-state index in [0.29, 0.717) is 0 Å². The van der Waals surface area contributed by atoms with Gasteiger partial charge in [0.15, 0.2) is 17.1 Å². The van der Waals surface area contributed by atoms with E-state index in [-0.39, 0.29) is 18.4 Å². The molecule has 0 bridgehead atoms. The lowest BCUT2D eigenvalue weighted by Gasteiger charge is -2.50. The third kappa shape index (κ3) is 4.09. The fraction of sp³-hybridized carbons (Fsp3) is 0.481. The molecule has 2 amide bonds. The molecule has 1 aromatic carbocycles. The molecule has 2 fully saturated rings. The van der Waals surface area contributed by atoms with Gasteiger partial charge in [0.1, 0.15) is 22.9 Å². The van der Waals surface area contributed by atoms with Crippen molar-refractivity contribution in [3.8, 4) is 5.75 Å². The van der Waals surface area contributed by atoms with E-state index in [1.54, 1.807) is 0 Å². The summed E-state index contributed by atoms with van der Waals surface area (Å²) < 4.78 is 43.0. The number of benzene rings is 1. The summed E-state index contributed by atoms with van der Waals surface area (Å²) in [5, 5.41) is 46.9. The quantitative estimate of drug-likeness (QED) is 0.210. The second-order valence-electron chi connectivity index (χ2n) is 11.5. The lowest BCUT2D eigenvalue weighted by Crippen LogP contribution is -2.65. The second kappa shape index (κ2) is 9.54. The van der Waals surface area contributed by atoms with E-state index < -0.39 is 117 Å². The van der Waals surface area contributed by atoms with Gasteiger partial charge in [-0.3, -0.25) is 29.0 Å². The number of rotatable bonds is 4. The van der Waals surface area contributed by atoms with Crippen LogP contribution >= 0.6 is 0 Å². The van der Waals surface area contributed by atoms with Crippen LogP contribution in [0.15, 0.2) is 23.0 Å². The number of likely N-dealkylation sites (tertiary alicyclic amines) is 1. The maximum absolute atomic E-state index is 15.4. The number of hydrogen-bond donors (Lipinski definition) is 6. The first-order valence-electron chi connectivity index (χ1n) is 13.0. The topological polar surface area (TPSA) is 194 Å². The molecule has 42 heavy (non-hydrogen) atoms. The molecular formula is C27H29F3N4O8. The van der Waals surface area contributed by atoms with E-state index in [2.05, 4.69) is 5.32 Å². The zero-order valence-electron chi connectivity index (χ0n) is 22.7. The molecular weight excluding hydrogens is 565 g/mol. The number of nitrogens with one attached hydrogen (secondary N) is 1. The van der Waals surface area contributed by atoms with Crippen molar-refractivity contribution < 1.29 is 52.8 Å². The number of alkyl halides is 2. The molecule has 3 aliphatic carbocycles. The Balaban J connectivity index is 1.60. The minimum atomic E-state index is -3.14. The zero-order valence-corrected chi connectivity index (χ0v) is 22.7. The van der Waals surface area contributed by atoms with Crippen LogP contribution in [0, 0.1) is 17.7 Å². The van der Waals surface area contributed by atoms with Crippen molar-refractivity contribution in [3.63, 3.8) is 0 Å². The van der Waals surface area contributed by atoms with Crippen molar-refractivity contribution in [2.75, 3.05) is 33.0 Å². The number of amides is 2. The van der Waals surface area contributed by atoms with Crippen LogP contribution in [0.5, 0.6) is 5.75 Å². The van der Waals surface area contributed by atoms with Crippen LogP contribution in [0.4, 0.5) is 18.9 Å². The minimum absolute atomic E-state index is 0.229. The summed E-state index contributed by atoms with van der Waals surface area (Å²) >= 11 is 0. The first-order valence-corrected chi connectivity index (χ1v) is 13.0. The van der Waals surface area contributed by atoms with E-state index in [9.17, 15) is 48.4 Å². The molecule has 4 aliphatic rings. The van der Waals surface area contributed by atoms with Crippen molar-refractivity contribution in [3.05, 3.63) is 39.9 Å². The van der Waals surface area contributed by atoms with Gasteiger partial charge in [0.25, 0.3) is 11.8 Å². The van der Waals surface area contributed by atoms with Gasteiger partial charge in [0.05, 0.1) is 29.9 Å². The van der Waals surface area contributed by atoms with Gasteiger partial charge < -0.3 is 31.5 Å². The fourth-order valence-electron chi connectivity index (χ4n) is 6.85. The predicted octanol–water partition coefficient (Wildman–Crippen LogP) is 0.381. The molecule has 0 spiro atoms. The molecule has 15 heteroatoms. The monoisotopic (exact) mass is 594 g/mol. The van der Waals surface area contributed by atoms with Crippen LogP contribution in [0.25, 0.3) is 5.76 Å². The van der Waals surface area contributed by atoms with Crippen molar-refractivity contribution in [1.29, 1.82) is 0 Å². The summed E-state index contributed by atoms with van der Waals surface area (Å²) in [5.74, 6) is -14.1. The van der Waals surface area contributed by atoms with Crippen LogP contribution in [0.2, 0.25) is 0 Å². The van der Waals surface area contributed by atoms with E-state index in [4.69, 9.17) is 5.73 Å². The Morgan fingerprint density at radius 3 is 2.38 bits per heavy atom. The number of nitrogens with two attached hydrogens (primary N) is 1. The van der Waals surface area contributed by atoms with Gasteiger partial charge in [0, 0.05) is 29.5 Å². The van der Waals surface area contributed by atoms with Gasteiger partial charge >= 0.3 is 0 Å². The highest BCUT2D eigenvalue weighted by atomic mass is 19.3. The normalized spacial score (nSPS) is 30.8. The van der Waals surface area contributed by atoms with E-state index in [0.717, 1.165) is 11.0 Å². The van der Waals surface area contributed by atoms with Crippen LogP contribution in [-0.2, 0) is 25.6 Å². The molecule has 0 aromatic heterocycles. The molecule has 226 valence electrons. The third-order valence-electron chi connectivity index (χ3n) is 8.73. The summed E-state index contributed by atoms with van der Waals surface area (Å²) in [7, 11) is 4.20. The Labute approximate surface area is 236 Å². The SMILES string of the molecule is CN(C)[C@@H]1C(=O)C(C(N)=O)=C(O)[C@@]2(O)C(=O)C3=C(O)c4c(O)c(NC(=O)[C@@H]5CC(F)(F)CN5C)cc(F)c4C[C@H]3C[C@@H]12. The van der Waals surface area contributed by atoms with Crippen LogP contribution in [-0.4, -0.2) is 105 Å². The highest BCUT2D eigenvalue weighted by molar-refractivity contribution is 6.24. The van der Waals surface area contributed by atoms with Gasteiger partial charge in [0.2, 0.25) is 11.7 Å². The number of phenolic OH excluding ortho intramolecular Hbond substituents is 1. The number of carbonyl (C=O) groups excluding carboxylic acids is 4. The minimum Gasteiger partial charge on any atom is -0.508 e. The van der Waals surface area contributed by atoms with E-state index in [1.807, 2.05) is 0 Å². The molecule has 0 radical (unpaired) electrons. The summed E-state index contributed by atoms with van der Waals surface area (Å²) in [6, 6.07) is -1.83. The third-order valence-corrected chi connectivity index (χ3v) is 8.73. The van der Waals surface area contributed by atoms with Gasteiger partial charge in [-0.15, -0.1) is 0 Å². The zero-order chi connectivity index (χ0) is 31.2. The highest BCUT2D eigenvalue weighted by Crippen LogP contribution is 2.53. The number of aliphatic hydroxyl groups excluding tert-OH is 2. The molecule has 0 unspecified atom stereocenters. The van der Waals surface area contributed by atoms with E-state index >= 15 is 4.39 Å².